The van der Waals surface area contributed by atoms with Crippen LogP contribution in [0.2, 0.25) is 0 Å². The number of nitrogens with zero attached hydrogens (tertiary/aromatic N) is 2. The van der Waals surface area contributed by atoms with E-state index in [0.717, 1.165) is 48.5 Å². The number of hydrogen-bond acceptors (Lipinski definition) is 2. The van der Waals surface area contributed by atoms with Crippen LogP contribution < -0.4 is 11.1 Å². The van der Waals surface area contributed by atoms with Gasteiger partial charge >= 0.3 is 0 Å². The summed E-state index contributed by atoms with van der Waals surface area (Å²) in [5.41, 5.74) is 6.13. The molecule has 0 radical (unpaired) electrons. The third kappa shape index (κ3) is 7.08. The van der Waals surface area contributed by atoms with Crippen molar-refractivity contribution >= 4 is 51.8 Å². The van der Waals surface area contributed by atoms with Gasteiger partial charge in [-0.2, -0.15) is 0 Å². The second-order valence-corrected chi connectivity index (χ2v) is 6.88. The van der Waals surface area contributed by atoms with Crippen LogP contribution in [0.15, 0.2) is 27.7 Å². The number of guanidine groups is 1. The van der Waals surface area contributed by atoms with Crippen LogP contribution >= 0.6 is 39.9 Å². The van der Waals surface area contributed by atoms with E-state index in [-0.39, 0.29) is 41.6 Å². The average molecular weight is 527 g/mol. The first-order chi connectivity index (χ1) is 11.5. The number of nitrogens with one attached hydrogen (secondary N) is 1. The Kier molecular flexibility index (Phi) is 9.70. The Morgan fingerprint density at radius 1 is 1.52 bits per heavy atom. The summed E-state index contributed by atoms with van der Waals surface area (Å²) in [7, 11) is 0. The van der Waals surface area contributed by atoms with Crippen LogP contribution in [0.1, 0.15) is 31.7 Å². The molecule has 0 spiro atoms. The van der Waals surface area contributed by atoms with Gasteiger partial charge in [0.2, 0.25) is 5.91 Å². The van der Waals surface area contributed by atoms with E-state index in [1.165, 1.54) is 12.1 Å². The van der Waals surface area contributed by atoms with Crippen LogP contribution in [0.5, 0.6) is 0 Å². The highest BCUT2D eigenvalue weighted by molar-refractivity contribution is 14.0. The smallest absolute Gasteiger partial charge is 0.217 e. The van der Waals surface area contributed by atoms with Crippen LogP contribution in [0.3, 0.4) is 0 Å². The third-order valence-electron chi connectivity index (χ3n) is 4.05. The number of carbonyl (C=O) groups excluding carboxylic acids is 1. The number of hydrogen-bond donors (Lipinski definition) is 2. The summed E-state index contributed by atoms with van der Waals surface area (Å²) in [4.78, 5) is 18.0. The molecule has 1 aliphatic heterocycles. The molecule has 1 aliphatic rings. The topological polar surface area (TPSA) is 70.7 Å². The molecular weight excluding hydrogens is 502 g/mol. The molecule has 140 valence electrons. The second-order valence-electron chi connectivity index (χ2n) is 6.03. The van der Waals surface area contributed by atoms with Gasteiger partial charge in [0.25, 0.3) is 0 Å². The highest BCUT2D eigenvalue weighted by Crippen LogP contribution is 2.21. The first-order valence-electron chi connectivity index (χ1n) is 8.25. The summed E-state index contributed by atoms with van der Waals surface area (Å²) in [6.07, 6.45) is 2.42. The van der Waals surface area contributed by atoms with E-state index < -0.39 is 0 Å². The molecule has 25 heavy (non-hydrogen) atoms. The van der Waals surface area contributed by atoms with Gasteiger partial charge in [0.1, 0.15) is 5.82 Å². The maximum atomic E-state index is 13.4. The van der Waals surface area contributed by atoms with E-state index in [4.69, 9.17) is 5.73 Å². The number of benzene rings is 1. The Morgan fingerprint density at radius 3 is 2.96 bits per heavy atom. The Bertz CT molecular complexity index is 614. The summed E-state index contributed by atoms with van der Waals surface area (Å²) in [6, 6.07) is 4.60. The number of nitrogens with two attached hydrogens (primary N) is 1. The lowest BCUT2D eigenvalue weighted by atomic mass is 9.95. The fourth-order valence-corrected chi connectivity index (χ4v) is 3.33. The Morgan fingerprint density at radius 2 is 2.28 bits per heavy atom. The van der Waals surface area contributed by atoms with Crippen molar-refractivity contribution < 1.29 is 9.18 Å². The fraction of sp³-hybridized carbons (Fsp3) is 0.529. The lowest BCUT2D eigenvalue weighted by Gasteiger charge is -2.34. The molecule has 0 aromatic heterocycles. The molecule has 1 unspecified atom stereocenters. The van der Waals surface area contributed by atoms with Crippen molar-refractivity contribution in [2.45, 2.75) is 32.7 Å². The number of aliphatic imine (C=N–C) groups is 1. The molecule has 1 aromatic rings. The molecular formula is C17H25BrFIN4O. The van der Waals surface area contributed by atoms with Crippen molar-refractivity contribution in [3.63, 3.8) is 0 Å². The van der Waals surface area contributed by atoms with Gasteiger partial charge in [0, 0.05) is 30.5 Å². The minimum atomic E-state index is -0.270. The van der Waals surface area contributed by atoms with Crippen LogP contribution in [-0.2, 0) is 11.3 Å². The van der Waals surface area contributed by atoms with Gasteiger partial charge in [0.05, 0.1) is 6.54 Å². The molecule has 1 aromatic carbocycles. The minimum Gasteiger partial charge on any atom is -0.370 e. The Labute approximate surface area is 173 Å². The number of carbonyl (C=O) groups is 1. The van der Waals surface area contributed by atoms with E-state index in [2.05, 4.69) is 31.1 Å². The summed E-state index contributed by atoms with van der Waals surface area (Å²) < 4.78 is 14.2. The fourth-order valence-electron chi connectivity index (χ4n) is 2.96. The summed E-state index contributed by atoms with van der Waals surface area (Å²) in [6.45, 7) is 4.81. The number of primary amides is 1. The lowest BCUT2D eigenvalue weighted by molar-refractivity contribution is -0.119. The second kappa shape index (κ2) is 10.9. The predicted molar refractivity (Wildman–Crippen MR) is 112 cm³/mol. The van der Waals surface area contributed by atoms with Gasteiger partial charge in [-0.25, -0.2) is 9.38 Å². The normalized spacial score (nSPS) is 17.8. The molecule has 0 saturated carbocycles. The lowest BCUT2D eigenvalue weighted by Crippen LogP contribution is -2.47. The van der Waals surface area contributed by atoms with Crippen molar-refractivity contribution in [2.24, 2.45) is 16.6 Å². The van der Waals surface area contributed by atoms with Crippen molar-refractivity contribution in [1.82, 2.24) is 10.2 Å². The van der Waals surface area contributed by atoms with Gasteiger partial charge in [0.15, 0.2) is 5.96 Å². The van der Waals surface area contributed by atoms with Gasteiger partial charge in [-0.3, -0.25) is 4.79 Å². The quantitative estimate of drug-likeness (QED) is 0.351. The van der Waals surface area contributed by atoms with E-state index in [0.29, 0.717) is 13.0 Å². The van der Waals surface area contributed by atoms with Crippen LogP contribution in [0, 0.1) is 11.7 Å². The molecule has 1 atom stereocenters. The Balaban J connectivity index is 0.00000312. The van der Waals surface area contributed by atoms with Crippen molar-refractivity contribution in [3.05, 3.63) is 34.1 Å². The Hall–Kier alpha value is -0.900. The molecule has 1 heterocycles. The minimum absolute atomic E-state index is 0. The molecule has 1 saturated heterocycles. The van der Waals surface area contributed by atoms with Crippen LogP contribution in [0.25, 0.3) is 0 Å². The number of likely N-dealkylation sites (tertiary alicyclic amines) is 1. The zero-order chi connectivity index (χ0) is 17.5. The molecule has 1 amide bonds. The number of rotatable bonds is 5. The van der Waals surface area contributed by atoms with Gasteiger partial charge < -0.3 is 16.0 Å². The van der Waals surface area contributed by atoms with Gasteiger partial charge in [-0.05, 0) is 49.4 Å². The highest BCUT2D eigenvalue weighted by atomic mass is 127. The molecule has 0 aliphatic carbocycles. The van der Waals surface area contributed by atoms with E-state index in [1.807, 2.05) is 6.92 Å². The highest BCUT2D eigenvalue weighted by Gasteiger charge is 2.23. The number of piperidine rings is 1. The van der Waals surface area contributed by atoms with Gasteiger partial charge in [-0.15, -0.1) is 24.0 Å². The molecule has 5 nitrogen and oxygen atoms in total. The summed E-state index contributed by atoms with van der Waals surface area (Å²) in [5, 5.41) is 3.28. The van der Waals surface area contributed by atoms with Crippen LogP contribution in [-0.4, -0.2) is 36.4 Å². The number of halogens is 3. The SMILES string of the molecule is CCNC(=NCc1cc(F)ccc1Br)N1CCCC(CC(N)=O)C1.I. The standard InChI is InChI=1S/C17H24BrFN4O.HI/c1-2-21-17(22-10-13-9-14(19)5-6-15(13)18)23-7-3-4-12(11-23)8-16(20)24;/h5-6,9,12H,2-4,7-8,10-11H2,1H3,(H2,20,24)(H,21,22);1H. The monoisotopic (exact) mass is 526 g/mol. The molecule has 1 fully saturated rings. The molecule has 8 heteroatoms. The maximum absolute atomic E-state index is 13.4. The van der Waals surface area contributed by atoms with E-state index in [9.17, 15) is 9.18 Å². The predicted octanol–water partition coefficient (Wildman–Crippen LogP) is 3.26. The molecule has 0 bridgehead atoms. The van der Waals surface area contributed by atoms with Crippen molar-refractivity contribution in [2.75, 3.05) is 19.6 Å². The summed E-state index contributed by atoms with van der Waals surface area (Å²) >= 11 is 3.43. The van der Waals surface area contributed by atoms with E-state index in [1.54, 1.807) is 6.07 Å². The van der Waals surface area contributed by atoms with Gasteiger partial charge in [-0.1, -0.05) is 15.9 Å². The zero-order valence-corrected chi connectivity index (χ0v) is 18.2. The maximum Gasteiger partial charge on any atom is 0.217 e. The third-order valence-corrected chi connectivity index (χ3v) is 4.82. The average Bonchev–Trinajstić information content (AvgIpc) is 2.54. The van der Waals surface area contributed by atoms with Crippen molar-refractivity contribution in [1.29, 1.82) is 0 Å². The van der Waals surface area contributed by atoms with E-state index >= 15 is 0 Å². The first-order valence-corrected chi connectivity index (χ1v) is 9.04. The molecule has 3 N–H and O–H groups in total. The van der Waals surface area contributed by atoms with Crippen LogP contribution in [0.4, 0.5) is 4.39 Å². The van der Waals surface area contributed by atoms with Crippen molar-refractivity contribution in [3.8, 4) is 0 Å². The number of amides is 1. The largest absolute Gasteiger partial charge is 0.370 e. The zero-order valence-electron chi connectivity index (χ0n) is 14.3. The first kappa shape index (κ1) is 22.1. The summed E-state index contributed by atoms with van der Waals surface area (Å²) in [5.74, 6) is 0.532. The molecule has 2 rings (SSSR count).